The molecule has 0 aromatic rings. The largest absolute Gasteiger partial charge is 0.481 e. The van der Waals surface area contributed by atoms with Gasteiger partial charge in [-0.1, -0.05) is 60.1 Å². The van der Waals surface area contributed by atoms with Gasteiger partial charge in [-0.3, -0.25) is 9.59 Å². The van der Waals surface area contributed by atoms with E-state index >= 15 is 0 Å². The van der Waals surface area contributed by atoms with E-state index in [0.717, 1.165) is 44.9 Å². The Morgan fingerprint density at radius 3 is 2.24 bits per heavy atom. The van der Waals surface area contributed by atoms with Gasteiger partial charge in [-0.15, -0.1) is 0 Å². The van der Waals surface area contributed by atoms with Gasteiger partial charge in [0.25, 0.3) is 0 Å². The molecule has 5 aliphatic carbocycles. The van der Waals surface area contributed by atoms with Gasteiger partial charge in [0.05, 0.1) is 5.41 Å². The number of carbonyl (C=O) groups excluding carboxylic acids is 1. The molecule has 4 fully saturated rings. The highest BCUT2D eigenvalue weighted by molar-refractivity contribution is 5.86. The number of hydrogen-bond acceptors (Lipinski definition) is 2. The zero-order valence-corrected chi connectivity index (χ0v) is 22.1. The maximum absolute atomic E-state index is 13.5. The van der Waals surface area contributed by atoms with Crippen molar-refractivity contribution in [3.63, 3.8) is 0 Å². The number of aliphatic carboxylic acids is 1. The smallest absolute Gasteiger partial charge is 0.314 e. The molecular weight excluding hydrogens is 408 g/mol. The molecule has 5 rings (SSSR count). The minimum Gasteiger partial charge on any atom is -0.481 e. The van der Waals surface area contributed by atoms with E-state index in [1.165, 1.54) is 18.4 Å². The van der Waals surface area contributed by atoms with Gasteiger partial charge in [0.15, 0.2) is 0 Å². The van der Waals surface area contributed by atoms with E-state index in [1.807, 2.05) is 0 Å². The highest BCUT2D eigenvalue weighted by Gasteiger charge is 2.71. The fourth-order valence-corrected chi connectivity index (χ4v) is 10.4. The first-order valence-corrected chi connectivity index (χ1v) is 13.6. The van der Waals surface area contributed by atoms with Crippen LogP contribution in [-0.4, -0.2) is 16.9 Å². The van der Waals surface area contributed by atoms with Gasteiger partial charge in [0, 0.05) is 11.8 Å². The van der Waals surface area contributed by atoms with Crippen LogP contribution in [0.3, 0.4) is 0 Å². The van der Waals surface area contributed by atoms with Crippen molar-refractivity contribution in [3.05, 3.63) is 11.6 Å². The van der Waals surface area contributed by atoms with E-state index in [2.05, 4.69) is 54.5 Å². The molecule has 0 amide bonds. The molecule has 0 saturated heterocycles. The van der Waals surface area contributed by atoms with Crippen molar-refractivity contribution >= 4 is 11.8 Å². The lowest BCUT2D eigenvalue weighted by molar-refractivity contribution is -0.200. The lowest BCUT2D eigenvalue weighted by Gasteiger charge is -2.70. The topological polar surface area (TPSA) is 54.4 Å². The van der Waals surface area contributed by atoms with Gasteiger partial charge in [0.2, 0.25) is 0 Å². The van der Waals surface area contributed by atoms with Gasteiger partial charge < -0.3 is 5.11 Å². The van der Waals surface area contributed by atoms with Crippen LogP contribution in [0.5, 0.6) is 0 Å². The number of allylic oxidation sites excluding steroid dienone is 1. The van der Waals surface area contributed by atoms with Crippen molar-refractivity contribution in [2.45, 2.75) is 113 Å². The molecule has 0 bridgehead atoms. The molecule has 0 aliphatic heterocycles. The summed E-state index contributed by atoms with van der Waals surface area (Å²) in [6, 6.07) is 0. The fourth-order valence-electron chi connectivity index (χ4n) is 10.4. The van der Waals surface area contributed by atoms with Crippen LogP contribution in [0.4, 0.5) is 0 Å². The van der Waals surface area contributed by atoms with Crippen molar-refractivity contribution in [2.24, 2.45) is 50.2 Å². The summed E-state index contributed by atoms with van der Waals surface area (Å²) >= 11 is 0. The fraction of sp³-hybridized carbons (Fsp3) is 0.867. The van der Waals surface area contributed by atoms with Gasteiger partial charge in [-0.05, 0) is 97.2 Å². The number of Topliss-reactive ketones (excluding diaryl/α,β-unsaturated/α-hetero) is 1. The Hall–Kier alpha value is -1.12. The number of hydrogen-bond donors (Lipinski definition) is 1. The summed E-state index contributed by atoms with van der Waals surface area (Å²) < 4.78 is 0. The van der Waals surface area contributed by atoms with Crippen molar-refractivity contribution < 1.29 is 14.7 Å². The lowest BCUT2D eigenvalue weighted by Crippen LogP contribution is -2.66. The molecule has 5 aliphatic rings. The summed E-state index contributed by atoms with van der Waals surface area (Å²) in [7, 11) is 0. The van der Waals surface area contributed by atoms with E-state index in [1.54, 1.807) is 0 Å². The summed E-state index contributed by atoms with van der Waals surface area (Å²) in [6.07, 6.45) is 12.3. The number of carboxylic acids is 1. The van der Waals surface area contributed by atoms with Crippen LogP contribution in [-0.2, 0) is 9.59 Å². The third-order valence-electron chi connectivity index (χ3n) is 12.6. The standard InChI is InChI=1S/C30H46O3/c1-25(2)14-15-27(5)16-17-30(24(32)33)19(20(27)18-25)8-9-22-28(6)12-11-23(31)26(3,4)21(28)10-13-29(22,30)7/h8,20-22H,9-18H2,1-7H3,(H,32,33)/t20-,21?,22-,27-,28+,29-,30-/m1/s1. The zero-order chi connectivity index (χ0) is 24.2. The second kappa shape index (κ2) is 6.76. The molecule has 3 nitrogen and oxygen atoms in total. The van der Waals surface area contributed by atoms with Gasteiger partial charge in [-0.2, -0.15) is 0 Å². The number of carboxylic acid groups (broad SMARTS) is 1. The molecule has 0 heterocycles. The Balaban J connectivity index is 1.65. The molecule has 184 valence electrons. The molecule has 0 aromatic heterocycles. The van der Waals surface area contributed by atoms with Crippen molar-refractivity contribution in [1.29, 1.82) is 0 Å². The summed E-state index contributed by atoms with van der Waals surface area (Å²) in [4.78, 5) is 26.4. The monoisotopic (exact) mass is 454 g/mol. The third-order valence-corrected chi connectivity index (χ3v) is 12.6. The highest BCUT2D eigenvalue weighted by atomic mass is 16.4. The first-order valence-electron chi connectivity index (χ1n) is 13.6. The molecule has 33 heavy (non-hydrogen) atoms. The Morgan fingerprint density at radius 1 is 0.909 bits per heavy atom. The molecular formula is C30H46O3. The third kappa shape index (κ3) is 2.80. The van der Waals surface area contributed by atoms with Crippen LogP contribution in [0.15, 0.2) is 11.6 Å². The second-order valence-corrected chi connectivity index (χ2v) is 14.9. The minimum atomic E-state index is -0.743. The molecule has 0 aromatic carbocycles. The highest BCUT2D eigenvalue weighted by Crippen LogP contribution is 2.75. The number of rotatable bonds is 1. The maximum atomic E-state index is 13.5. The SMILES string of the molecule is CC1(C)CC[C@]2(C)CC[C@]3(C(=O)O)C(=CC[C@@H]4[C@@]5(C)CCC(=O)C(C)(C)C5CC[C@]43C)[C@H]2C1. The van der Waals surface area contributed by atoms with Crippen LogP contribution in [0, 0.1) is 50.2 Å². The van der Waals surface area contributed by atoms with Gasteiger partial charge in [-0.25, -0.2) is 0 Å². The van der Waals surface area contributed by atoms with Crippen LogP contribution < -0.4 is 0 Å². The van der Waals surface area contributed by atoms with E-state index in [-0.39, 0.29) is 27.1 Å². The molecule has 0 spiro atoms. The average molecular weight is 455 g/mol. The number of ketones is 1. The summed E-state index contributed by atoms with van der Waals surface area (Å²) in [5.41, 5.74) is 0.560. The van der Waals surface area contributed by atoms with E-state index in [0.29, 0.717) is 30.0 Å². The van der Waals surface area contributed by atoms with Crippen LogP contribution in [0.25, 0.3) is 0 Å². The number of fused-ring (bicyclic) bond motifs is 7. The van der Waals surface area contributed by atoms with Gasteiger partial charge in [0.1, 0.15) is 5.78 Å². The van der Waals surface area contributed by atoms with Crippen molar-refractivity contribution in [3.8, 4) is 0 Å². The first kappa shape index (κ1) is 23.6. The van der Waals surface area contributed by atoms with Crippen LogP contribution in [0.1, 0.15) is 113 Å². The predicted octanol–water partition coefficient (Wildman–Crippen LogP) is 7.44. The van der Waals surface area contributed by atoms with Crippen molar-refractivity contribution in [1.82, 2.24) is 0 Å². The molecule has 4 saturated carbocycles. The van der Waals surface area contributed by atoms with Crippen LogP contribution in [0.2, 0.25) is 0 Å². The Morgan fingerprint density at radius 2 is 1.58 bits per heavy atom. The molecule has 3 heteroatoms. The molecule has 7 atom stereocenters. The maximum Gasteiger partial charge on any atom is 0.314 e. The molecule has 1 N–H and O–H groups in total. The van der Waals surface area contributed by atoms with E-state index < -0.39 is 11.4 Å². The Bertz CT molecular complexity index is 927. The molecule has 0 radical (unpaired) electrons. The Kier molecular flexibility index (Phi) is 4.83. The minimum absolute atomic E-state index is 0.0292. The van der Waals surface area contributed by atoms with E-state index in [9.17, 15) is 14.7 Å². The van der Waals surface area contributed by atoms with Gasteiger partial charge >= 0.3 is 5.97 Å². The quantitative estimate of drug-likeness (QED) is 0.419. The summed E-state index contributed by atoms with van der Waals surface area (Å²) in [5, 5.41) is 11.1. The normalized spacial score (nSPS) is 50.2. The summed E-state index contributed by atoms with van der Waals surface area (Å²) in [6.45, 7) is 16.3. The van der Waals surface area contributed by atoms with E-state index in [4.69, 9.17) is 0 Å². The predicted molar refractivity (Wildman–Crippen MR) is 132 cm³/mol. The molecule has 1 unspecified atom stereocenters. The lowest BCUT2D eigenvalue weighted by atomic mass is 9.33. The average Bonchev–Trinajstić information content (AvgIpc) is 2.71. The summed E-state index contributed by atoms with van der Waals surface area (Å²) in [5.74, 6) is 0.911. The zero-order valence-electron chi connectivity index (χ0n) is 22.1. The Labute approximate surface area is 201 Å². The van der Waals surface area contributed by atoms with Crippen molar-refractivity contribution in [2.75, 3.05) is 0 Å². The first-order chi connectivity index (χ1) is 15.1. The van der Waals surface area contributed by atoms with Crippen LogP contribution >= 0.6 is 0 Å². The second-order valence-electron chi connectivity index (χ2n) is 14.9. The number of carbonyl (C=O) groups is 2.